The molecule has 0 saturated carbocycles. The number of hydrogen-bond acceptors (Lipinski definition) is 4. The van der Waals surface area contributed by atoms with Crippen molar-refractivity contribution in [2.75, 3.05) is 19.8 Å². The number of anilines is 1. The van der Waals surface area contributed by atoms with Gasteiger partial charge in [-0.25, -0.2) is 13.4 Å². The van der Waals surface area contributed by atoms with Gasteiger partial charge < -0.3 is 5.73 Å². The number of aryl methyl sites for hydroxylation is 2. The van der Waals surface area contributed by atoms with Crippen molar-refractivity contribution in [2.24, 2.45) is 0 Å². The number of rotatable bonds is 3. The van der Waals surface area contributed by atoms with Gasteiger partial charge in [0, 0.05) is 14.1 Å². The molecule has 0 aliphatic heterocycles. The molecule has 0 aliphatic rings. The molecule has 0 heterocycles. The number of nitrogens with two attached hydrogens (primary N) is 1. The van der Waals surface area contributed by atoms with Crippen molar-refractivity contribution in [1.29, 1.82) is 0 Å². The maximum absolute atomic E-state index is 11.9. The summed E-state index contributed by atoms with van der Waals surface area (Å²) in [6, 6.07) is 3.25. The van der Waals surface area contributed by atoms with Gasteiger partial charge >= 0.3 is 0 Å². The van der Waals surface area contributed by atoms with Crippen molar-refractivity contribution >= 4 is 15.7 Å². The fourth-order valence-electron chi connectivity index (χ4n) is 1.33. The van der Waals surface area contributed by atoms with Crippen LogP contribution in [0.4, 0.5) is 5.69 Å². The van der Waals surface area contributed by atoms with E-state index in [0.29, 0.717) is 0 Å². The van der Waals surface area contributed by atoms with E-state index >= 15 is 0 Å². The summed E-state index contributed by atoms with van der Waals surface area (Å²) in [5.74, 6) is 0. The van der Waals surface area contributed by atoms with Crippen molar-refractivity contribution in [1.82, 2.24) is 9.84 Å². The van der Waals surface area contributed by atoms with E-state index < -0.39 is 10.0 Å². The normalized spacial score (nSPS) is 12.1. The van der Waals surface area contributed by atoms with Crippen molar-refractivity contribution in [2.45, 2.75) is 18.7 Å². The highest BCUT2D eigenvalue weighted by Gasteiger charge is 2.18. The number of sulfonamides is 1. The van der Waals surface area contributed by atoms with E-state index in [-0.39, 0.29) is 10.6 Å². The summed E-state index contributed by atoms with van der Waals surface area (Å²) in [6.45, 7) is 3.74. The SMILES string of the molecule is Cc1cc(N)c(S(=O)(=O)NN(C)C)cc1C. The van der Waals surface area contributed by atoms with Gasteiger partial charge in [0.25, 0.3) is 10.0 Å². The standard InChI is InChI=1S/C10H17N3O2S/c1-7-5-9(11)10(6-8(7)2)16(14,15)12-13(3)4/h5-6,12H,11H2,1-4H3. The topological polar surface area (TPSA) is 75.4 Å². The number of nitrogens with one attached hydrogen (secondary N) is 1. The Bertz CT molecular complexity index is 495. The van der Waals surface area contributed by atoms with Gasteiger partial charge in [-0.1, -0.05) is 0 Å². The van der Waals surface area contributed by atoms with Gasteiger partial charge in [-0.15, -0.1) is 4.83 Å². The molecule has 0 aromatic heterocycles. The highest BCUT2D eigenvalue weighted by atomic mass is 32.2. The van der Waals surface area contributed by atoms with Crippen LogP contribution in [0, 0.1) is 13.8 Å². The predicted octanol–water partition coefficient (Wildman–Crippen LogP) is 0.641. The fourth-order valence-corrected chi connectivity index (χ4v) is 2.61. The molecule has 0 saturated heterocycles. The smallest absolute Gasteiger partial charge is 0.255 e. The summed E-state index contributed by atoms with van der Waals surface area (Å²) in [5, 5.41) is 1.37. The third-order valence-electron chi connectivity index (χ3n) is 2.22. The Morgan fingerprint density at radius 2 is 1.69 bits per heavy atom. The first kappa shape index (κ1) is 13.0. The van der Waals surface area contributed by atoms with Crippen LogP contribution in [0.2, 0.25) is 0 Å². The van der Waals surface area contributed by atoms with E-state index in [2.05, 4.69) is 4.83 Å². The Hall–Kier alpha value is -1.11. The van der Waals surface area contributed by atoms with Crippen LogP contribution >= 0.6 is 0 Å². The van der Waals surface area contributed by atoms with E-state index in [4.69, 9.17) is 5.73 Å². The predicted molar refractivity (Wildman–Crippen MR) is 64.3 cm³/mol. The fraction of sp³-hybridized carbons (Fsp3) is 0.400. The Morgan fingerprint density at radius 1 is 1.19 bits per heavy atom. The van der Waals surface area contributed by atoms with Crippen molar-refractivity contribution in [3.63, 3.8) is 0 Å². The Morgan fingerprint density at radius 3 is 2.19 bits per heavy atom. The van der Waals surface area contributed by atoms with Crippen LogP contribution in [0.15, 0.2) is 17.0 Å². The molecule has 6 heteroatoms. The van der Waals surface area contributed by atoms with E-state index in [0.717, 1.165) is 11.1 Å². The lowest BCUT2D eigenvalue weighted by molar-refractivity contribution is 0.364. The van der Waals surface area contributed by atoms with Crippen LogP contribution < -0.4 is 10.6 Å². The minimum atomic E-state index is -3.58. The average Bonchev–Trinajstić information content (AvgIpc) is 2.08. The summed E-state index contributed by atoms with van der Waals surface area (Å²) >= 11 is 0. The second kappa shape index (κ2) is 4.40. The molecule has 0 atom stereocenters. The number of nitrogens with zero attached hydrogens (tertiary/aromatic N) is 1. The van der Waals surface area contributed by atoms with Crippen LogP contribution in [-0.4, -0.2) is 27.5 Å². The molecular weight excluding hydrogens is 226 g/mol. The Balaban J connectivity index is 3.29. The molecule has 3 N–H and O–H groups in total. The van der Waals surface area contributed by atoms with Crippen LogP contribution in [0.3, 0.4) is 0 Å². The zero-order chi connectivity index (χ0) is 12.5. The van der Waals surface area contributed by atoms with Crippen molar-refractivity contribution in [3.8, 4) is 0 Å². The van der Waals surface area contributed by atoms with Gasteiger partial charge in [0.05, 0.1) is 5.69 Å². The molecule has 1 rings (SSSR count). The van der Waals surface area contributed by atoms with Crippen molar-refractivity contribution in [3.05, 3.63) is 23.3 Å². The van der Waals surface area contributed by atoms with Gasteiger partial charge in [-0.2, -0.15) is 0 Å². The van der Waals surface area contributed by atoms with Crippen LogP contribution in [-0.2, 0) is 10.0 Å². The Labute approximate surface area is 96.3 Å². The van der Waals surface area contributed by atoms with Gasteiger partial charge in [0.1, 0.15) is 4.90 Å². The Kier molecular flexibility index (Phi) is 3.57. The lowest BCUT2D eigenvalue weighted by Crippen LogP contribution is -2.36. The quantitative estimate of drug-likeness (QED) is 0.603. The molecule has 0 amide bonds. The minimum absolute atomic E-state index is 0.115. The number of benzene rings is 1. The zero-order valence-corrected chi connectivity index (χ0v) is 10.7. The summed E-state index contributed by atoms with van der Waals surface area (Å²) in [7, 11) is -0.367. The van der Waals surface area contributed by atoms with E-state index in [1.165, 1.54) is 5.01 Å². The molecular formula is C10H17N3O2S. The summed E-state index contributed by atoms with van der Waals surface area (Å²) in [6.07, 6.45) is 0. The molecule has 16 heavy (non-hydrogen) atoms. The second-order valence-electron chi connectivity index (χ2n) is 3.96. The molecule has 0 aliphatic carbocycles. The molecule has 0 spiro atoms. The van der Waals surface area contributed by atoms with Crippen molar-refractivity contribution < 1.29 is 8.42 Å². The first-order chi connectivity index (χ1) is 7.24. The second-order valence-corrected chi connectivity index (χ2v) is 5.59. The van der Waals surface area contributed by atoms with Crippen LogP contribution in [0.1, 0.15) is 11.1 Å². The highest BCUT2D eigenvalue weighted by molar-refractivity contribution is 7.89. The monoisotopic (exact) mass is 243 g/mol. The number of hydrogen-bond donors (Lipinski definition) is 2. The molecule has 1 aromatic carbocycles. The van der Waals surface area contributed by atoms with E-state index in [1.807, 2.05) is 13.8 Å². The van der Waals surface area contributed by atoms with Gasteiger partial charge in [0.15, 0.2) is 0 Å². The highest BCUT2D eigenvalue weighted by Crippen LogP contribution is 2.22. The molecule has 1 aromatic rings. The zero-order valence-electron chi connectivity index (χ0n) is 9.90. The maximum Gasteiger partial charge on any atom is 0.255 e. The lowest BCUT2D eigenvalue weighted by atomic mass is 10.1. The summed E-state index contributed by atoms with van der Waals surface area (Å²) in [5.41, 5.74) is 7.85. The van der Waals surface area contributed by atoms with Gasteiger partial charge in [-0.3, -0.25) is 0 Å². The van der Waals surface area contributed by atoms with E-state index in [1.54, 1.807) is 26.2 Å². The molecule has 0 bridgehead atoms. The lowest BCUT2D eigenvalue weighted by Gasteiger charge is -2.15. The van der Waals surface area contributed by atoms with Gasteiger partial charge in [0.2, 0.25) is 0 Å². The number of hydrazine groups is 1. The first-order valence-electron chi connectivity index (χ1n) is 4.80. The van der Waals surface area contributed by atoms with Crippen LogP contribution in [0.25, 0.3) is 0 Å². The maximum atomic E-state index is 11.9. The van der Waals surface area contributed by atoms with Gasteiger partial charge in [-0.05, 0) is 37.1 Å². The van der Waals surface area contributed by atoms with Crippen LogP contribution in [0.5, 0.6) is 0 Å². The molecule has 5 nitrogen and oxygen atoms in total. The molecule has 0 radical (unpaired) electrons. The third kappa shape index (κ3) is 2.72. The summed E-state index contributed by atoms with van der Waals surface area (Å²) < 4.78 is 23.8. The molecule has 0 fully saturated rings. The average molecular weight is 243 g/mol. The largest absolute Gasteiger partial charge is 0.398 e. The molecule has 0 unspecified atom stereocenters. The van der Waals surface area contributed by atoms with E-state index in [9.17, 15) is 8.42 Å². The molecule has 90 valence electrons. The minimum Gasteiger partial charge on any atom is -0.398 e. The summed E-state index contributed by atoms with van der Waals surface area (Å²) in [4.78, 5) is 2.46. The third-order valence-corrected chi connectivity index (χ3v) is 3.76. The first-order valence-corrected chi connectivity index (χ1v) is 6.29. The number of nitrogen functional groups attached to an aromatic ring is 1.